The highest BCUT2D eigenvalue weighted by molar-refractivity contribution is 7.86. The van der Waals surface area contributed by atoms with Crippen molar-refractivity contribution in [3.63, 3.8) is 0 Å². The number of benzene rings is 2. The van der Waals surface area contributed by atoms with Crippen molar-refractivity contribution in [2.75, 3.05) is 19.4 Å². The van der Waals surface area contributed by atoms with E-state index in [9.17, 15) is 18.0 Å². The van der Waals surface area contributed by atoms with Gasteiger partial charge in [-0.1, -0.05) is 18.2 Å². The van der Waals surface area contributed by atoms with E-state index in [1.54, 1.807) is 30.3 Å². The number of aliphatic carboxylic acids is 2. The SMILES string of the molecule is CC(C)(Oc1ccc(CCCOc2cccc(OS(C)(=O)=O)c2)cc1)C(=O)O.N=C(N)NCCC[C@H](N)C(=O)O. The van der Waals surface area contributed by atoms with Crippen LogP contribution in [0.5, 0.6) is 17.2 Å². The lowest BCUT2D eigenvalue weighted by Gasteiger charge is -2.21. The van der Waals surface area contributed by atoms with Gasteiger partial charge in [0.25, 0.3) is 0 Å². The Morgan fingerprint density at radius 1 is 1.05 bits per heavy atom. The number of nitrogens with two attached hydrogens (primary N) is 2. The van der Waals surface area contributed by atoms with Crippen LogP contribution in [0.4, 0.5) is 0 Å². The van der Waals surface area contributed by atoms with E-state index in [0.29, 0.717) is 37.5 Å². The van der Waals surface area contributed by atoms with Gasteiger partial charge in [0.05, 0.1) is 12.9 Å². The van der Waals surface area contributed by atoms with Gasteiger partial charge in [-0.3, -0.25) is 10.2 Å². The highest BCUT2D eigenvalue weighted by Crippen LogP contribution is 2.22. The maximum atomic E-state index is 11.2. The van der Waals surface area contributed by atoms with E-state index >= 15 is 0 Å². The number of guanidine groups is 1. The molecule has 2 rings (SSSR count). The summed E-state index contributed by atoms with van der Waals surface area (Å²) in [7, 11) is -3.57. The van der Waals surface area contributed by atoms with Crippen molar-refractivity contribution in [1.29, 1.82) is 5.41 Å². The average Bonchev–Trinajstić information content (AvgIpc) is 2.84. The lowest BCUT2D eigenvalue weighted by molar-refractivity contribution is -0.152. The third-order valence-electron chi connectivity index (χ3n) is 5.07. The van der Waals surface area contributed by atoms with Crippen molar-refractivity contribution in [3.05, 3.63) is 54.1 Å². The summed E-state index contributed by atoms with van der Waals surface area (Å²) in [4.78, 5) is 21.3. The summed E-state index contributed by atoms with van der Waals surface area (Å²) in [5.41, 5.74) is 10.00. The largest absolute Gasteiger partial charge is 0.493 e. The molecule has 13 nitrogen and oxygen atoms in total. The molecule has 40 heavy (non-hydrogen) atoms. The van der Waals surface area contributed by atoms with Gasteiger partial charge >= 0.3 is 22.1 Å². The zero-order chi connectivity index (χ0) is 30.3. The summed E-state index contributed by atoms with van der Waals surface area (Å²) in [6.45, 7) is 3.93. The van der Waals surface area contributed by atoms with Gasteiger partial charge < -0.3 is 40.7 Å². The number of carboxylic acid groups (broad SMARTS) is 2. The molecule has 0 radical (unpaired) electrons. The molecule has 2 aromatic carbocycles. The molecule has 2 aromatic rings. The summed E-state index contributed by atoms with van der Waals surface area (Å²) >= 11 is 0. The number of carbonyl (C=O) groups is 2. The van der Waals surface area contributed by atoms with E-state index in [-0.39, 0.29) is 11.7 Å². The number of nitrogens with one attached hydrogen (secondary N) is 2. The summed E-state index contributed by atoms with van der Waals surface area (Å²) < 4.78 is 38.2. The Hall–Kier alpha value is -4.04. The Kier molecular flexibility index (Phi) is 13.7. The third-order valence-corrected chi connectivity index (χ3v) is 5.56. The van der Waals surface area contributed by atoms with Crippen LogP contribution >= 0.6 is 0 Å². The molecule has 0 aliphatic carbocycles. The minimum absolute atomic E-state index is 0.112. The van der Waals surface area contributed by atoms with Gasteiger partial charge in [-0.25, -0.2) is 4.79 Å². The molecule has 0 spiro atoms. The minimum Gasteiger partial charge on any atom is -0.493 e. The van der Waals surface area contributed by atoms with Crippen LogP contribution < -0.4 is 30.4 Å². The summed E-state index contributed by atoms with van der Waals surface area (Å²) in [5, 5.41) is 26.8. The van der Waals surface area contributed by atoms with Gasteiger partial charge in [-0.05, 0) is 69.4 Å². The van der Waals surface area contributed by atoms with E-state index in [2.05, 4.69) is 5.32 Å². The second-order valence-corrected chi connectivity index (χ2v) is 10.8. The Balaban J connectivity index is 0.000000562. The average molecular weight is 583 g/mol. The van der Waals surface area contributed by atoms with Gasteiger partial charge in [-0.15, -0.1) is 0 Å². The Morgan fingerprint density at radius 2 is 1.68 bits per heavy atom. The topological polar surface area (TPSA) is 224 Å². The van der Waals surface area contributed by atoms with Crippen LogP contribution in [0.25, 0.3) is 0 Å². The molecule has 0 amide bonds. The molecular formula is C26H38N4O9S. The maximum absolute atomic E-state index is 11.2. The molecule has 0 saturated carbocycles. The van der Waals surface area contributed by atoms with Crippen molar-refractivity contribution >= 4 is 28.0 Å². The quantitative estimate of drug-likeness (QED) is 0.0767. The lowest BCUT2D eigenvalue weighted by atomic mass is 10.1. The van der Waals surface area contributed by atoms with Crippen LogP contribution in [0.15, 0.2) is 48.5 Å². The maximum Gasteiger partial charge on any atom is 0.347 e. The van der Waals surface area contributed by atoms with Crippen molar-refractivity contribution in [2.45, 2.75) is 51.2 Å². The zero-order valence-corrected chi connectivity index (χ0v) is 23.6. The molecule has 222 valence electrons. The smallest absolute Gasteiger partial charge is 0.347 e. The van der Waals surface area contributed by atoms with Crippen molar-refractivity contribution in [1.82, 2.24) is 5.32 Å². The van der Waals surface area contributed by atoms with E-state index in [4.69, 9.17) is 40.7 Å². The molecule has 0 unspecified atom stereocenters. The lowest BCUT2D eigenvalue weighted by Crippen LogP contribution is -2.37. The second-order valence-electron chi connectivity index (χ2n) is 9.20. The number of hydrogen-bond donors (Lipinski definition) is 6. The van der Waals surface area contributed by atoms with Crippen LogP contribution in [0.3, 0.4) is 0 Å². The molecule has 8 N–H and O–H groups in total. The fourth-order valence-electron chi connectivity index (χ4n) is 2.99. The molecular weight excluding hydrogens is 544 g/mol. The normalized spacial score (nSPS) is 11.8. The fraction of sp³-hybridized carbons (Fsp3) is 0.423. The molecule has 0 aliphatic heterocycles. The van der Waals surface area contributed by atoms with Gasteiger partial charge in [-0.2, -0.15) is 8.42 Å². The minimum atomic E-state index is -3.57. The molecule has 0 aliphatic rings. The first kappa shape index (κ1) is 34.0. The standard InChI is InChI=1S/C20H24O7S.C6H14N4O2/c1-20(2,19(21)22)26-16-11-9-15(10-12-16)6-5-13-25-17-7-4-8-18(14-17)27-28(3,23)24;7-4(5(11)12)2-1-3-10-6(8)9/h4,7-12,14H,5-6,13H2,1-3H3,(H,21,22);4H,1-3,7H2,(H,11,12)(H4,8,9,10)/t;4-/m.0/s1. The molecule has 0 heterocycles. The van der Waals surface area contributed by atoms with Gasteiger partial charge in [0, 0.05) is 12.6 Å². The Morgan fingerprint density at radius 3 is 2.23 bits per heavy atom. The zero-order valence-electron chi connectivity index (χ0n) is 22.8. The van der Waals surface area contributed by atoms with Crippen molar-refractivity contribution in [2.24, 2.45) is 11.5 Å². The van der Waals surface area contributed by atoms with Gasteiger partial charge in [0.2, 0.25) is 0 Å². The number of hydrogen-bond acceptors (Lipinski definition) is 9. The molecule has 0 aromatic heterocycles. The first-order chi connectivity index (χ1) is 18.6. The fourth-order valence-corrected chi connectivity index (χ4v) is 3.44. The molecule has 0 saturated heterocycles. The first-order valence-electron chi connectivity index (χ1n) is 12.3. The molecule has 14 heteroatoms. The predicted octanol–water partition coefficient (Wildman–Crippen LogP) is 1.94. The second kappa shape index (κ2) is 16.2. The number of ether oxygens (including phenoxy) is 2. The summed E-state index contributed by atoms with van der Waals surface area (Å²) in [6, 6.07) is 12.9. The Bertz CT molecular complexity index is 1220. The number of rotatable bonds is 15. The third kappa shape index (κ3) is 14.8. The van der Waals surface area contributed by atoms with Crippen molar-refractivity contribution in [3.8, 4) is 17.2 Å². The van der Waals surface area contributed by atoms with E-state index in [1.807, 2.05) is 12.1 Å². The van der Waals surface area contributed by atoms with Crippen LogP contribution in [-0.2, 0) is 26.1 Å². The summed E-state index contributed by atoms with van der Waals surface area (Å²) in [6.07, 6.45) is 3.47. The van der Waals surface area contributed by atoms with Crippen molar-refractivity contribution < 1.29 is 41.9 Å². The highest BCUT2D eigenvalue weighted by Gasteiger charge is 2.29. The van der Waals surface area contributed by atoms with Gasteiger partial charge in [0.15, 0.2) is 11.6 Å². The van der Waals surface area contributed by atoms with E-state index < -0.39 is 33.7 Å². The van der Waals surface area contributed by atoms with E-state index in [0.717, 1.165) is 24.7 Å². The number of carboxylic acids is 2. The highest BCUT2D eigenvalue weighted by atomic mass is 32.2. The number of aryl methyl sites for hydroxylation is 1. The van der Waals surface area contributed by atoms with Gasteiger partial charge in [0.1, 0.15) is 23.3 Å². The van der Waals surface area contributed by atoms with Crippen LogP contribution in [0.2, 0.25) is 0 Å². The molecule has 1 atom stereocenters. The summed E-state index contributed by atoms with van der Waals surface area (Å²) in [5.74, 6) is -0.910. The van der Waals surface area contributed by atoms with E-state index in [1.165, 1.54) is 19.9 Å². The molecule has 0 bridgehead atoms. The Labute approximate surface area is 234 Å². The molecule has 0 fully saturated rings. The van der Waals surface area contributed by atoms with Crippen LogP contribution in [-0.4, -0.2) is 67.6 Å². The van der Waals surface area contributed by atoms with Crippen LogP contribution in [0.1, 0.15) is 38.7 Å². The monoisotopic (exact) mass is 582 g/mol. The first-order valence-corrected chi connectivity index (χ1v) is 14.1. The van der Waals surface area contributed by atoms with Crippen LogP contribution in [0, 0.1) is 5.41 Å². The predicted molar refractivity (Wildman–Crippen MR) is 149 cm³/mol.